The maximum Gasteiger partial charge on any atom is 0.374 e. The van der Waals surface area contributed by atoms with Gasteiger partial charge in [0, 0.05) is 18.7 Å². The number of thiazole rings is 1. The Morgan fingerprint density at radius 2 is 2.38 bits per heavy atom. The maximum absolute atomic E-state index is 13.5. The van der Waals surface area contributed by atoms with Gasteiger partial charge in [-0.2, -0.15) is 8.78 Å². The minimum atomic E-state index is -3.66. The topological polar surface area (TPSA) is 66.3 Å². The van der Waals surface area contributed by atoms with Crippen LogP contribution in [0.15, 0.2) is 18.3 Å². The molecule has 0 aromatic carbocycles. The van der Waals surface area contributed by atoms with E-state index in [1.54, 1.807) is 12.3 Å². The van der Waals surface area contributed by atoms with E-state index < -0.39 is 17.8 Å². The third kappa shape index (κ3) is 2.73. The zero-order valence-corrected chi connectivity index (χ0v) is 11.8. The maximum atomic E-state index is 13.5. The van der Waals surface area contributed by atoms with E-state index >= 15 is 0 Å². The second-order valence-electron chi connectivity index (χ2n) is 5.08. The quantitative estimate of drug-likeness (QED) is 0.937. The van der Waals surface area contributed by atoms with E-state index in [1.165, 1.54) is 11.3 Å². The Morgan fingerprint density at radius 1 is 1.57 bits per heavy atom. The average Bonchev–Trinajstić information content (AvgIpc) is 3.04. The van der Waals surface area contributed by atoms with Crippen molar-refractivity contribution in [3.63, 3.8) is 0 Å². The molecular formula is C13H13F2N3O2S. The molecule has 1 unspecified atom stereocenters. The number of hydrogen-bond acceptors (Lipinski definition) is 5. The average molecular weight is 313 g/mol. The van der Waals surface area contributed by atoms with Gasteiger partial charge in [-0.3, -0.25) is 4.90 Å². The molecule has 1 aliphatic rings. The molecular weight excluding hydrogens is 300 g/mol. The molecule has 8 heteroatoms. The van der Waals surface area contributed by atoms with Gasteiger partial charge in [0.1, 0.15) is 15.4 Å². The second kappa shape index (κ2) is 5.27. The fraction of sp³-hybridized carbons (Fsp3) is 0.462. The third-order valence-corrected chi connectivity index (χ3v) is 4.60. The Bertz CT molecular complexity index is 643. The first-order chi connectivity index (χ1) is 9.96. The summed E-state index contributed by atoms with van der Waals surface area (Å²) in [4.78, 5) is 21.8. The zero-order chi connectivity index (χ0) is 15.0. The molecule has 2 aromatic heterocycles. The molecule has 21 heavy (non-hydrogen) atoms. The summed E-state index contributed by atoms with van der Waals surface area (Å²) in [5, 5.41) is 9.39. The van der Waals surface area contributed by atoms with Crippen LogP contribution in [0.5, 0.6) is 0 Å². The van der Waals surface area contributed by atoms with Crippen molar-refractivity contribution in [2.24, 2.45) is 5.92 Å². The van der Waals surface area contributed by atoms with Crippen molar-refractivity contribution >= 4 is 27.7 Å². The van der Waals surface area contributed by atoms with E-state index in [0.29, 0.717) is 13.1 Å². The number of carboxylic acid groups (broad SMARTS) is 1. The van der Waals surface area contributed by atoms with Crippen LogP contribution in [0.25, 0.3) is 10.3 Å². The Balaban J connectivity index is 1.68. The molecule has 1 aliphatic heterocycles. The van der Waals surface area contributed by atoms with Gasteiger partial charge in [0.2, 0.25) is 0 Å². The summed E-state index contributed by atoms with van der Waals surface area (Å²) in [6.07, 6.45) is 1.87. The summed E-state index contributed by atoms with van der Waals surface area (Å²) in [6.45, 7) is 0.979. The Labute approximate surface area is 123 Å². The van der Waals surface area contributed by atoms with Gasteiger partial charge in [-0.25, -0.2) is 14.8 Å². The van der Waals surface area contributed by atoms with Gasteiger partial charge in [-0.15, -0.1) is 0 Å². The van der Waals surface area contributed by atoms with Crippen LogP contribution in [-0.4, -0.2) is 45.0 Å². The van der Waals surface area contributed by atoms with Crippen molar-refractivity contribution in [2.45, 2.75) is 18.9 Å². The van der Waals surface area contributed by atoms with Gasteiger partial charge in [-0.05, 0) is 25.1 Å². The van der Waals surface area contributed by atoms with E-state index in [1.807, 2.05) is 11.0 Å². The third-order valence-electron chi connectivity index (χ3n) is 3.64. The number of aromatic nitrogens is 2. The molecule has 0 amide bonds. The number of nitrogens with zero attached hydrogens (tertiary/aromatic N) is 3. The van der Waals surface area contributed by atoms with E-state index in [-0.39, 0.29) is 13.0 Å². The van der Waals surface area contributed by atoms with Crippen LogP contribution in [0.2, 0.25) is 0 Å². The number of hydrogen-bond donors (Lipinski definition) is 1. The van der Waals surface area contributed by atoms with Crippen molar-refractivity contribution in [3.8, 4) is 0 Å². The second-order valence-corrected chi connectivity index (χ2v) is 6.15. The molecule has 1 atom stereocenters. The van der Waals surface area contributed by atoms with Gasteiger partial charge >= 0.3 is 11.9 Å². The molecule has 112 valence electrons. The lowest BCUT2D eigenvalue weighted by Crippen LogP contribution is -2.38. The summed E-state index contributed by atoms with van der Waals surface area (Å²) in [5.41, 5.74) is 0.795. The van der Waals surface area contributed by atoms with Gasteiger partial charge in [-0.1, -0.05) is 11.3 Å². The van der Waals surface area contributed by atoms with E-state index in [0.717, 1.165) is 15.4 Å². The summed E-state index contributed by atoms with van der Waals surface area (Å²) >= 11 is 1.43. The standard InChI is InChI=1S/C13H13F2N3O2S/c14-13(15,12(19)20)8-3-5-18(6-8)7-10-17-9-2-1-4-16-11(9)21-10/h1-2,4,8H,3,5-7H2,(H,19,20). The highest BCUT2D eigenvalue weighted by Crippen LogP contribution is 2.33. The normalized spacial score (nSPS) is 20.2. The summed E-state index contributed by atoms with van der Waals surface area (Å²) < 4.78 is 27.0. The highest BCUT2D eigenvalue weighted by Gasteiger charge is 2.49. The smallest absolute Gasteiger partial charge is 0.374 e. The number of carbonyl (C=O) groups is 1. The van der Waals surface area contributed by atoms with Crippen molar-refractivity contribution in [2.75, 3.05) is 13.1 Å². The molecule has 0 saturated carbocycles. The van der Waals surface area contributed by atoms with Gasteiger partial charge in [0.15, 0.2) is 0 Å². The summed E-state index contributed by atoms with van der Waals surface area (Å²) in [6, 6.07) is 3.65. The zero-order valence-electron chi connectivity index (χ0n) is 11.0. The molecule has 5 nitrogen and oxygen atoms in total. The first kappa shape index (κ1) is 14.3. The lowest BCUT2D eigenvalue weighted by Gasteiger charge is -2.19. The van der Waals surface area contributed by atoms with Crippen LogP contribution in [-0.2, 0) is 11.3 Å². The Hall–Kier alpha value is -1.67. The Kier molecular flexibility index (Phi) is 3.58. The summed E-state index contributed by atoms with van der Waals surface area (Å²) in [7, 11) is 0. The van der Waals surface area contributed by atoms with Crippen molar-refractivity contribution in [3.05, 3.63) is 23.3 Å². The summed E-state index contributed by atoms with van der Waals surface area (Å²) in [5.74, 6) is -6.84. The first-order valence-corrected chi connectivity index (χ1v) is 7.32. The molecule has 0 aliphatic carbocycles. The first-order valence-electron chi connectivity index (χ1n) is 6.51. The lowest BCUT2D eigenvalue weighted by atomic mass is 10.0. The molecule has 0 radical (unpaired) electrons. The predicted molar refractivity (Wildman–Crippen MR) is 73.4 cm³/mol. The monoisotopic (exact) mass is 313 g/mol. The molecule has 1 N–H and O–H groups in total. The van der Waals surface area contributed by atoms with Crippen LogP contribution < -0.4 is 0 Å². The molecule has 3 heterocycles. The molecule has 1 saturated heterocycles. The molecule has 2 aromatic rings. The molecule has 3 rings (SSSR count). The van der Waals surface area contributed by atoms with Crippen LogP contribution in [0.3, 0.4) is 0 Å². The van der Waals surface area contributed by atoms with Crippen LogP contribution in [0.4, 0.5) is 8.78 Å². The van der Waals surface area contributed by atoms with E-state index in [4.69, 9.17) is 5.11 Å². The number of aliphatic carboxylic acids is 1. The van der Waals surface area contributed by atoms with Crippen molar-refractivity contribution in [1.29, 1.82) is 0 Å². The van der Waals surface area contributed by atoms with Gasteiger partial charge in [0.25, 0.3) is 0 Å². The van der Waals surface area contributed by atoms with E-state index in [9.17, 15) is 13.6 Å². The highest BCUT2D eigenvalue weighted by molar-refractivity contribution is 7.18. The Morgan fingerprint density at radius 3 is 3.10 bits per heavy atom. The minimum Gasteiger partial charge on any atom is -0.477 e. The molecule has 0 bridgehead atoms. The predicted octanol–water partition coefficient (Wildman–Crippen LogP) is 2.23. The van der Waals surface area contributed by atoms with Crippen LogP contribution in [0.1, 0.15) is 11.4 Å². The van der Waals surface area contributed by atoms with Crippen molar-refractivity contribution < 1.29 is 18.7 Å². The van der Waals surface area contributed by atoms with Gasteiger partial charge < -0.3 is 5.11 Å². The van der Waals surface area contributed by atoms with E-state index in [2.05, 4.69) is 9.97 Å². The number of carboxylic acids is 1. The van der Waals surface area contributed by atoms with Gasteiger partial charge in [0.05, 0.1) is 6.54 Å². The largest absolute Gasteiger partial charge is 0.477 e. The number of halogens is 2. The number of alkyl halides is 2. The number of rotatable bonds is 4. The van der Waals surface area contributed by atoms with Crippen molar-refractivity contribution in [1.82, 2.24) is 14.9 Å². The number of likely N-dealkylation sites (tertiary alicyclic amines) is 1. The molecule has 1 fully saturated rings. The van der Waals surface area contributed by atoms with Crippen LogP contribution >= 0.6 is 11.3 Å². The minimum absolute atomic E-state index is 0.0721. The fourth-order valence-corrected chi connectivity index (χ4v) is 3.47. The number of fused-ring (bicyclic) bond motifs is 1. The molecule has 0 spiro atoms. The highest BCUT2D eigenvalue weighted by atomic mass is 32.1. The van der Waals surface area contributed by atoms with Crippen LogP contribution in [0, 0.1) is 5.92 Å². The lowest BCUT2D eigenvalue weighted by molar-refractivity contribution is -0.172. The fourth-order valence-electron chi connectivity index (χ4n) is 2.52. The number of pyridine rings is 1. The SMILES string of the molecule is O=C(O)C(F)(F)C1CCN(Cc2nc3cccnc3s2)C1.